The number of piperazine rings is 1. The van der Waals surface area contributed by atoms with Crippen LogP contribution in [0.15, 0.2) is 0 Å². The molecule has 0 amide bonds. The van der Waals surface area contributed by atoms with Crippen molar-refractivity contribution in [1.82, 2.24) is 10.6 Å². The van der Waals surface area contributed by atoms with Crippen molar-refractivity contribution >= 4 is 0 Å². The molecule has 0 spiro atoms. The lowest BCUT2D eigenvalue weighted by molar-refractivity contribution is -0.135. The fraction of sp³-hybridized carbons (Fsp3) is 1.00. The summed E-state index contributed by atoms with van der Waals surface area (Å²) in [6.45, 7) is 4.25. The van der Waals surface area contributed by atoms with Crippen molar-refractivity contribution in [3.05, 3.63) is 0 Å². The van der Waals surface area contributed by atoms with Gasteiger partial charge in [-0.15, -0.1) is 0 Å². The molecule has 1 heterocycles. The summed E-state index contributed by atoms with van der Waals surface area (Å²) in [6, 6.07) is 0. The summed E-state index contributed by atoms with van der Waals surface area (Å²) in [5.41, 5.74) is 0. The first-order valence-electron chi connectivity index (χ1n) is 3.56. The van der Waals surface area contributed by atoms with Crippen LogP contribution < -0.4 is 10.6 Å². The summed E-state index contributed by atoms with van der Waals surface area (Å²) in [4.78, 5) is 0. The van der Waals surface area contributed by atoms with Gasteiger partial charge in [-0.05, 0) is 6.92 Å². The van der Waals surface area contributed by atoms with E-state index >= 15 is 0 Å². The van der Waals surface area contributed by atoms with Crippen LogP contribution in [0.4, 0.5) is 0 Å². The molecule has 4 nitrogen and oxygen atoms in total. The zero-order chi connectivity index (χ0) is 7.40. The van der Waals surface area contributed by atoms with E-state index < -0.39 is 6.29 Å². The van der Waals surface area contributed by atoms with Gasteiger partial charge in [0.2, 0.25) is 0 Å². The van der Waals surface area contributed by atoms with E-state index in [1.807, 2.05) is 0 Å². The normalized spacial score (nSPS) is 30.0. The van der Waals surface area contributed by atoms with E-state index in [0.29, 0.717) is 0 Å². The van der Waals surface area contributed by atoms with Crippen molar-refractivity contribution in [1.29, 1.82) is 0 Å². The van der Waals surface area contributed by atoms with E-state index in [0.717, 1.165) is 19.6 Å². The van der Waals surface area contributed by atoms with Crippen LogP contribution in [-0.4, -0.2) is 37.3 Å². The van der Waals surface area contributed by atoms with Crippen molar-refractivity contribution in [3.8, 4) is 0 Å². The van der Waals surface area contributed by atoms with Gasteiger partial charge >= 0.3 is 0 Å². The fourth-order valence-corrected chi connectivity index (χ4v) is 0.961. The van der Waals surface area contributed by atoms with Crippen molar-refractivity contribution in [2.24, 2.45) is 0 Å². The van der Waals surface area contributed by atoms with Gasteiger partial charge in [-0.2, -0.15) is 0 Å². The number of aliphatic hydroxyl groups excluding tert-OH is 1. The third kappa shape index (κ3) is 2.62. The molecule has 0 aromatic heterocycles. The molecule has 0 saturated carbocycles. The molecular weight excluding hydrogens is 132 g/mol. The molecular formula is C6H14N2O2. The molecule has 2 atom stereocenters. The van der Waals surface area contributed by atoms with Crippen molar-refractivity contribution < 1.29 is 9.84 Å². The molecule has 1 aliphatic rings. The number of nitrogens with one attached hydrogen (secondary N) is 2. The van der Waals surface area contributed by atoms with Crippen LogP contribution in [0.3, 0.4) is 0 Å². The average molecular weight is 146 g/mol. The fourth-order valence-electron chi connectivity index (χ4n) is 0.961. The molecule has 0 aromatic carbocycles. The Hall–Kier alpha value is -0.160. The van der Waals surface area contributed by atoms with Crippen LogP contribution in [0.5, 0.6) is 0 Å². The minimum atomic E-state index is -0.683. The maximum Gasteiger partial charge on any atom is 0.153 e. The molecule has 0 aromatic rings. The molecule has 0 aliphatic carbocycles. The van der Waals surface area contributed by atoms with Crippen molar-refractivity contribution in [2.75, 3.05) is 19.6 Å². The predicted molar refractivity (Wildman–Crippen MR) is 37.4 cm³/mol. The van der Waals surface area contributed by atoms with Gasteiger partial charge in [0.1, 0.15) is 6.23 Å². The van der Waals surface area contributed by atoms with Gasteiger partial charge in [0.25, 0.3) is 0 Å². The number of aliphatic hydroxyl groups is 1. The second kappa shape index (κ2) is 3.88. The third-order valence-corrected chi connectivity index (χ3v) is 1.36. The molecule has 1 aliphatic heterocycles. The molecule has 0 radical (unpaired) electrons. The van der Waals surface area contributed by atoms with Crippen LogP contribution in [-0.2, 0) is 4.74 Å². The molecule has 10 heavy (non-hydrogen) atoms. The zero-order valence-electron chi connectivity index (χ0n) is 6.13. The van der Waals surface area contributed by atoms with Gasteiger partial charge in [-0.25, -0.2) is 0 Å². The Labute approximate surface area is 60.6 Å². The second-order valence-electron chi connectivity index (χ2n) is 2.38. The smallest absolute Gasteiger partial charge is 0.153 e. The van der Waals surface area contributed by atoms with Gasteiger partial charge in [0, 0.05) is 19.6 Å². The summed E-state index contributed by atoms with van der Waals surface area (Å²) in [5.74, 6) is 0. The standard InChI is InChI=1S/C6H14N2O2/c1-5(9)10-6-4-7-2-3-8-6/h5-9H,2-4H2,1H3. The first-order valence-corrected chi connectivity index (χ1v) is 3.56. The Morgan fingerprint density at radius 3 is 2.90 bits per heavy atom. The van der Waals surface area contributed by atoms with Crippen LogP contribution in [0.1, 0.15) is 6.92 Å². The summed E-state index contributed by atoms with van der Waals surface area (Å²) >= 11 is 0. The largest absolute Gasteiger partial charge is 0.368 e. The molecule has 1 saturated heterocycles. The Morgan fingerprint density at radius 1 is 1.60 bits per heavy atom. The Kier molecular flexibility index (Phi) is 3.08. The van der Waals surface area contributed by atoms with Crippen molar-refractivity contribution in [3.63, 3.8) is 0 Å². The minimum absolute atomic E-state index is 0.0336. The van der Waals surface area contributed by atoms with Gasteiger partial charge in [0.05, 0.1) is 0 Å². The Balaban J connectivity index is 2.13. The van der Waals surface area contributed by atoms with Gasteiger partial charge < -0.3 is 15.2 Å². The number of rotatable bonds is 2. The van der Waals surface area contributed by atoms with Crippen LogP contribution in [0.2, 0.25) is 0 Å². The lowest BCUT2D eigenvalue weighted by Gasteiger charge is -2.25. The van der Waals surface area contributed by atoms with Crippen LogP contribution in [0.25, 0.3) is 0 Å². The number of hydrogen-bond donors (Lipinski definition) is 3. The quantitative estimate of drug-likeness (QED) is 0.431. The van der Waals surface area contributed by atoms with E-state index in [9.17, 15) is 0 Å². The molecule has 1 fully saturated rings. The highest BCUT2D eigenvalue weighted by molar-refractivity contribution is 4.66. The highest BCUT2D eigenvalue weighted by atomic mass is 16.6. The summed E-state index contributed by atoms with van der Waals surface area (Å²) in [5, 5.41) is 15.1. The SMILES string of the molecule is CC(O)OC1CNCCN1. The second-order valence-corrected chi connectivity index (χ2v) is 2.38. The maximum absolute atomic E-state index is 8.81. The van der Waals surface area contributed by atoms with E-state index in [-0.39, 0.29) is 6.23 Å². The summed E-state index contributed by atoms with van der Waals surface area (Å²) in [6.07, 6.45) is -0.717. The maximum atomic E-state index is 8.81. The Morgan fingerprint density at radius 2 is 2.40 bits per heavy atom. The van der Waals surface area contributed by atoms with Crippen molar-refractivity contribution in [2.45, 2.75) is 19.4 Å². The highest BCUT2D eigenvalue weighted by Gasteiger charge is 2.13. The first-order chi connectivity index (χ1) is 4.79. The Bertz CT molecular complexity index is 91.7. The van der Waals surface area contributed by atoms with E-state index in [1.54, 1.807) is 6.92 Å². The first kappa shape index (κ1) is 7.94. The van der Waals surface area contributed by atoms with E-state index in [2.05, 4.69) is 10.6 Å². The lowest BCUT2D eigenvalue weighted by atomic mass is 10.4. The molecule has 2 unspecified atom stereocenters. The van der Waals surface area contributed by atoms with E-state index in [1.165, 1.54) is 0 Å². The molecule has 0 bridgehead atoms. The van der Waals surface area contributed by atoms with E-state index in [4.69, 9.17) is 9.84 Å². The molecule has 4 heteroatoms. The van der Waals surface area contributed by atoms with Crippen LogP contribution in [0, 0.1) is 0 Å². The number of hydrogen-bond acceptors (Lipinski definition) is 4. The monoisotopic (exact) mass is 146 g/mol. The van der Waals surface area contributed by atoms with Crippen LogP contribution >= 0.6 is 0 Å². The topological polar surface area (TPSA) is 53.5 Å². The molecule has 1 rings (SSSR count). The third-order valence-electron chi connectivity index (χ3n) is 1.36. The molecule has 60 valence electrons. The van der Waals surface area contributed by atoms with Gasteiger partial charge in [-0.3, -0.25) is 5.32 Å². The molecule has 3 N–H and O–H groups in total. The summed E-state index contributed by atoms with van der Waals surface area (Å²) < 4.78 is 5.07. The lowest BCUT2D eigenvalue weighted by Crippen LogP contribution is -2.50. The van der Waals surface area contributed by atoms with Gasteiger partial charge in [-0.1, -0.05) is 0 Å². The summed E-state index contributed by atoms with van der Waals surface area (Å²) in [7, 11) is 0. The van der Waals surface area contributed by atoms with Gasteiger partial charge in [0.15, 0.2) is 6.29 Å². The predicted octanol–water partition coefficient (Wildman–Crippen LogP) is -1.14. The highest BCUT2D eigenvalue weighted by Crippen LogP contribution is 1.93. The average Bonchev–Trinajstić information content (AvgIpc) is 1.88. The zero-order valence-corrected chi connectivity index (χ0v) is 6.13. The number of ether oxygens (including phenoxy) is 1. The minimum Gasteiger partial charge on any atom is -0.368 e.